The molecule has 4 heteroatoms. The summed E-state index contributed by atoms with van der Waals surface area (Å²) in [6.45, 7) is 0. The fourth-order valence-electron chi connectivity index (χ4n) is 2.92. The number of hydrogen-bond donors (Lipinski definition) is 1. The molecule has 1 N–H and O–H groups in total. The van der Waals surface area contributed by atoms with E-state index >= 15 is 0 Å². The fourth-order valence-corrected chi connectivity index (χ4v) is 2.92. The number of rotatable bonds is 5. The normalized spacial score (nSPS) is 11.1. The number of methoxy groups -OCH3 is 2. The zero-order valence-corrected chi connectivity index (χ0v) is 13.6. The molecule has 0 amide bonds. The zero-order chi connectivity index (χ0) is 17.0. The Kier molecular flexibility index (Phi) is 4.49. The van der Waals surface area contributed by atoms with Crippen LogP contribution in [0.5, 0.6) is 11.5 Å². The molecule has 0 atom stereocenters. The summed E-state index contributed by atoms with van der Waals surface area (Å²) in [5, 5.41) is 11.8. The van der Waals surface area contributed by atoms with Gasteiger partial charge in [0.1, 0.15) is 17.1 Å². The highest BCUT2D eigenvalue weighted by Gasteiger charge is 2.38. The number of aromatic nitrogens is 1. The molecule has 2 aromatic carbocycles. The van der Waals surface area contributed by atoms with Gasteiger partial charge in [0, 0.05) is 29.1 Å². The van der Waals surface area contributed by atoms with Gasteiger partial charge in [-0.05, 0) is 18.2 Å². The minimum Gasteiger partial charge on any atom is -0.496 e. The molecule has 0 unspecified atom stereocenters. The Labute approximate surface area is 141 Å². The number of pyridine rings is 1. The third-order valence-electron chi connectivity index (χ3n) is 4.07. The van der Waals surface area contributed by atoms with E-state index in [1.165, 1.54) is 0 Å². The summed E-state index contributed by atoms with van der Waals surface area (Å²) in [5.41, 5.74) is 0.446. The highest BCUT2D eigenvalue weighted by molar-refractivity contribution is 5.55. The molecule has 3 rings (SSSR count). The number of hydrogen-bond acceptors (Lipinski definition) is 4. The van der Waals surface area contributed by atoms with Crippen LogP contribution < -0.4 is 9.47 Å². The van der Waals surface area contributed by atoms with Crippen LogP contribution in [0.3, 0.4) is 0 Å². The minimum absolute atomic E-state index is 0.592. The molecule has 3 aromatic rings. The molecule has 0 radical (unpaired) electrons. The summed E-state index contributed by atoms with van der Waals surface area (Å²) in [6.07, 6.45) is 3.33. The zero-order valence-electron chi connectivity index (χ0n) is 13.6. The second kappa shape index (κ2) is 6.72. The van der Waals surface area contributed by atoms with Crippen LogP contribution in [0.25, 0.3) is 0 Å². The first-order valence-electron chi connectivity index (χ1n) is 7.61. The summed E-state index contributed by atoms with van der Waals surface area (Å²) in [6, 6.07) is 18.5. The van der Waals surface area contributed by atoms with Gasteiger partial charge in [-0.15, -0.1) is 0 Å². The van der Waals surface area contributed by atoms with Crippen LogP contribution in [-0.4, -0.2) is 24.3 Å². The maximum atomic E-state index is 11.8. The van der Waals surface area contributed by atoms with Crippen molar-refractivity contribution in [1.29, 1.82) is 0 Å². The third kappa shape index (κ3) is 2.61. The topological polar surface area (TPSA) is 51.6 Å². The quantitative estimate of drug-likeness (QED) is 0.783. The average molecular weight is 321 g/mol. The van der Waals surface area contributed by atoms with E-state index in [2.05, 4.69) is 4.98 Å². The predicted molar refractivity (Wildman–Crippen MR) is 92.3 cm³/mol. The van der Waals surface area contributed by atoms with E-state index in [1.807, 2.05) is 54.6 Å². The van der Waals surface area contributed by atoms with Crippen molar-refractivity contribution in [2.24, 2.45) is 0 Å². The van der Waals surface area contributed by atoms with Crippen molar-refractivity contribution in [1.82, 2.24) is 4.98 Å². The van der Waals surface area contributed by atoms with E-state index in [1.54, 1.807) is 32.7 Å². The molecule has 0 aliphatic heterocycles. The van der Waals surface area contributed by atoms with Crippen molar-refractivity contribution in [2.45, 2.75) is 5.60 Å². The average Bonchev–Trinajstić information content (AvgIpc) is 2.68. The molecular weight excluding hydrogens is 302 g/mol. The molecule has 1 aromatic heterocycles. The van der Waals surface area contributed by atoms with Crippen LogP contribution >= 0.6 is 0 Å². The molecule has 0 fully saturated rings. The number of aliphatic hydroxyl groups is 1. The second-order valence-corrected chi connectivity index (χ2v) is 5.35. The van der Waals surface area contributed by atoms with Gasteiger partial charge in [0.05, 0.1) is 14.2 Å². The second-order valence-electron chi connectivity index (χ2n) is 5.35. The number of benzene rings is 2. The van der Waals surface area contributed by atoms with E-state index in [9.17, 15) is 5.11 Å². The van der Waals surface area contributed by atoms with Crippen LogP contribution in [0.4, 0.5) is 0 Å². The van der Waals surface area contributed by atoms with Crippen LogP contribution in [0.2, 0.25) is 0 Å². The van der Waals surface area contributed by atoms with Crippen molar-refractivity contribution in [3.05, 3.63) is 89.7 Å². The number of nitrogens with zero attached hydrogens (tertiary/aromatic N) is 1. The molecule has 0 spiro atoms. The van der Waals surface area contributed by atoms with Crippen molar-refractivity contribution >= 4 is 0 Å². The lowest BCUT2D eigenvalue weighted by atomic mass is 9.80. The molecule has 1 heterocycles. The standard InChI is InChI=1S/C20H19NO3/c1-23-18-11-5-3-9-16(18)20(22,15-8-7-13-21-14-15)17-10-4-6-12-19(17)24-2/h3-14,22H,1-2H3. The molecule has 0 bridgehead atoms. The number of para-hydroxylation sites is 2. The fraction of sp³-hybridized carbons (Fsp3) is 0.150. The first-order chi connectivity index (χ1) is 11.7. The SMILES string of the molecule is COc1ccccc1C(O)(c1cccnc1)c1ccccc1OC. The van der Waals surface area contributed by atoms with Crippen LogP contribution in [0.15, 0.2) is 73.1 Å². The summed E-state index contributed by atoms with van der Waals surface area (Å²) in [5.74, 6) is 1.18. The first-order valence-corrected chi connectivity index (χ1v) is 7.61. The van der Waals surface area contributed by atoms with Crippen molar-refractivity contribution < 1.29 is 14.6 Å². The van der Waals surface area contributed by atoms with Gasteiger partial charge >= 0.3 is 0 Å². The Morgan fingerprint density at radius 3 is 1.79 bits per heavy atom. The predicted octanol–water partition coefficient (Wildman–Crippen LogP) is 3.38. The Bertz CT molecular complexity index is 770. The third-order valence-corrected chi connectivity index (χ3v) is 4.07. The van der Waals surface area contributed by atoms with Gasteiger partial charge in [-0.2, -0.15) is 0 Å². The van der Waals surface area contributed by atoms with E-state index in [-0.39, 0.29) is 0 Å². The smallest absolute Gasteiger partial charge is 0.149 e. The first kappa shape index (κ1) is 16.0. The van der Waals surface area contributed by atoms with Crippen LogP contribution in [-0.2, 0) is 5.60 Å². The molecule has 4 nitrogen and oxygen atoms in total. The monoisotopic (exact) mass is 321 g/mol. The van der Waals surface area contributed by atoms with Gasteiger partial charge in [-0.25, -0.2) is 0 Å². The van der Waals surface area contributed by atoms with Crippen molar-refractivity contribution in [3.63, 3.8) is 0 Å². The van der Waals surface area contributed by atoms with E-state index in [0.717, 1.165) is 0 Å². The Morgan fingerprint density at radius 1 is 0.792 bits per heavy atom. The van der Waals surface area contributed by atoms with Crippen LogP contribution in [0, 0.1) is 0 Å². The lowest BCUT2D eigenvalue weighted by Gasteiger charge is -2.32. The van der Waals surface area contributed by atoms with Gasteiger partial charge in [-0.3, -0.25) is 4.98 Å². The largest absolute Gasteiger partial charge is 0.496 e. The molecular formula is C20H19NO3. The summed E-state index contributed by atoms with van der Waals surface area (Å²) < 4.78 is 11.0. The molecule has 0 aliphatic carbocycles. The Hall–Kier alpha value is -2.85. The van der Waals surface area contributed by atoms with E-state index < -0.39 is 5.60 Å². The maximum Gasteiger partial charge on any atom is 0.149 e. The molecule has 24 heavy (non-hydrogen) atoms. The minimum atomic E-state index is -1.45. The highest BCUT2D eigenvalue weighted by Crippen LogP contribution is 2.43. The molecule has 0 saturated carbocycles. The van der Waals surface area contributed by atoms with Gasteiger partial charge in [0.25, 0.3) is 0 Å². The summed E-state index contributed by atoms with van der Waals surface area (Å²) >= 11 is 0. The lowest BCUT2D eigenvalue weighted by Crippen LogP contribution is -2.30. The van der Waals surface area contributed by atoms with Gasteiger partial charge in [0.15, 0.2) is 0 Å². The van der Waals surface area contributed by atoms with Gasteiger partial charge in [-0.1, -0.05) is 42.5 Å². The van der Waals surface area contributed by atoms with Crippen LogP contribution in [0.1, 0.15) is 16.7 Å². The van der Waals surface area contributed by atoms with Gasteiger partial charge in [0.2, 0.25) is 0 Å². The molecule has 122 valence electrons. The highest BCUT2D eigenvalue weighted by atomic mass is 16.5. The summed E-state index contributed by atoms with van der Waals surface area (Å²) in [4.78, 5) is 4.17. The van der Waals surface area contributed by atoms with E-state index in [4.69, 9.17) is 9.47 Å². The summed E-state index contributed by atoms with van der Waals surface area (Å²) in [7, 11) is 3.18. The van der Waals surface area contributed by atoms with Crippen molar-refractivity contribution in [2.75, 3.05) is 14.2 Å². The molecule has 0 aliphatic rings. The molecule has 0 saturated heterocycles. The maximum absolute atomic E-state index is 11.8. The lowest BCUT2D eigenvalue weighted by molar-refractivity contribution is 0.118. The Balaban J connectivity index is 2.34. The Morgan fingerprint density at radius 2 is 1.33 bits per heavy atom. The van der Waals surface area contributed by atoms with Crippen molar-refractivity contribution in [3.8, 4) is 11.5 Å². The number of ether oxygens (including phenoxy) is 2. The van der Waals surface area contributed by atoms with E-state index in [0.29, 0.717) is 28.2 Å². The van der Waals surface area contributed by atoms with Gasteiger partial charge < -0.3 is 14.6 Å².